The van der Waals surface area contributed by atoms with E-state index in [9.17, 15) is 22.0 Å². The highest BCUT2D eigenvalue weighted by atomic mass is 32.2. The Bertz CT molecular complexity index is 663. The smallest absolute Gasteiger partial charge is 0.265 e. The Hall–Kier alpha value is -1.18. The molecule has 3 aliphatic rings. The number of hydrogen-bond donors (Lipinski definition) is 0. The lowest BCUT2D eigenvalue weighted by molar-refractivity contribution is -0.141. The first-order valence-electron chi connectivity index (χ1n) is 9.65. The summed E-state index contributed by atoms with van der Waals surface area (Å²) in [5.74, 6) is -2.96. The van der Waals surface area contributed by atoms with Crippen LogP contribution >= 0.6 is 0 Å². The molecule has 1 atom stereocenters. The topological polar surface area (TPSA) is 57.7 Å². The standard InChI is InChI=1S/C18H28F2N2O3S/c19-18(20)10-5-11-21(14-18)17(23)9-4-13-26(24,25)22-12-3-7-15-6-1-2-8-16(15)22/h8,15H,1-7,9-14H2. The number of alkyl halides is 2. The van der Waals surface area contributed by atoms with Gasteiger partial charge in [-0.3, -0.25) is 9.10 Å². The van der Waals surface area contributed by atoms with Crippen LogP contribution in [0.2, 0.25) is 0 Å². The van der Waals surface area contributed by atoms with E-state index < -0.39 is 22.5 Å². The molecule has 1 aliphatic carbocycles. The molecular weight excluding hydrogens is 362 g/mol. The van der Waals surface area contributed by atoms with Gasteiger partial charge in [-0.15, -0.1) is 0 Å². The average molecular weight is 390 g/mol. The van der Waals surface area contributed by atoms with E-state index in [1.807, 2.05) is 6.08 Å². The number of fused-ring (bicyclic) bond motifs is 1. The number of nitrogens with zero attached hydrogens (tertiary/aromatic N) is 2. The molecule has 0 aromatic carbocycles. The SMILES string of the molecule is O=C(CCCS(=O)(=O)N1CCCC2CCCC=C21)N1CCCC(F)(F)C1. The Morgan fingerprint density at radius 3 is 2.73 bits per heavy atom. The number of amides is 1. The predicted octanol–water partition coefficient (Wildman–Crippen LogP) is 3.13. The van der Waals surface area contributed by atoms with Gasteiger partial charge in [0.1, 0.15) is 0 Å². The van der Waals surface area contributed by atoms with Crippen LogP contribution in [0, 0.1) is 5.92 Å². The van der Waals surface area contributed by atoms with Gasteiger partial charge in [0.25, 0.3) is 5.92 Å². The summed E-state index contributed by atoms with van der Waals surface area (Å²) in [6.45, 7) is 0.304. The Morgan fingerprint density at radius 1 is 1.19 bits per heavy atom. The number of allylic oxidation sites excluding steroid dienone is 2. The molecule has 1 unspecified atom stereocenters. The second-order valence-corrected chi connectivity index (χ2v) is 9.68. The third kappa shape index (κ3) is 4.56. The third-order valence-electron chi connectivity index (χ3n) is 5.60. The summed E-state index contributed by atoms with van der Waals surface area (Å²) in [6.07, 6.45) is 7.31. The number of halogens is 2. The first kappa shape index (κ1) is 19.6. The van der Waals surface area contributed by atoms with Gasteiger partial charge in [-0.1, -0.05) is 6.08 Å². The molecule has 0 N–H and O–H groups in total. The summed E-state index contributed by atoms with van der Waals surface area (Å²) in [6, 6.07) is 0. The van der Waals surface area contributed by atoms with Crippen LogP contribution in [0.5, 0.6) is 0 Å². The lowest BCUT2D eigenvalue weighted by atomic mass is 9.86. The Balaban J connectivity index is 1.53. The van der Waals surface area contributed by atoms with Crippen LogP contribution in [-0.4, -0.2) is 54.8 Å². The van der Waals surface area contributed by atoms with Crippen LogP contribution in [0.15, 0.2) is 11.8 Å². The van der Waals surface area contributed by atoms with E-state index in [-0.39, 0.29) is 30.9 Å². The number of carbonyl (C=O) groups is 1. The number of sulfonamides is 1. The summed E-state index contributed by atoms with van der Waals surface area (Å²) in [7, 11) is -3.46. The summed E-state index contributed by atoms with van der Waals surface area (Å²) in [4.78, 5) is 13.3. The van der Waals surface area contributed by atoms with E-state index in [2.05, 4.69) is 0 Å². The number of piperidine rings is 2. The highest BCUT2D eigenvalue weighted by Gasteiger charge is 2.37. The monoisotopic (exact) mass is 390 g/mol. The van der Waals surface area contributed by atoms with Crippen LogP contribution < -0.4 is 0 Å². The van der Waals surface area contributed by atoms with Gasteiger partial charge in [0.15, 0.2) is 0 Å². The van der Waals surface area contributed by atoms with Crippen molar-refractivity contribution in [3.05, 3.63) is 11.8 Å². The van der Waals surface area contributed by atoms with Crippen molar-refractivity contribution < 1.29 is 22.0 Å². The number of hydrogen-bond acceptors (Lipinski definition) is 3. The summed E-state index contributed by atoms with van der Waals surface area (Å²) < 4.78 is 53.9. The molecule has 26 heavy (non-hydrogen) atoms. The summed E-state index contributed by atoms with van der Waals surface area (Å²) in [5, 5.41) is 0. The zero-order valence-corrected chi connectivity index (χ0v) is 15.9. The Morgan fingerprint density at radius 2 is 1.96 bits per heavy atom. The molecule has 0 radical (unpaired) electrons. The Labute approximate surface area is 154 Å². The fourth-order valence-electron chi connectivity index (χ4n) is 4.29. The van der Waals surface area contributed by atoms with E-state index >= 15 is 0 Å². The number of rotatable bonds is 5. The van der Waals surface area contributed by atoms with Gasteiger partial charge in [0.2, 0.25) is 15.9 Å². The first-order chi connectivity index (χ1) is 12.3. The molecule has 5 nitrogen and oxygen atoms in total. The second kappa shape index (κ2) is 7.82. The molecule has 0 aromatic heterocycles. The molecule has 2 aliphatic heterocycles. The molecule has 0 saturated carbocycles. The Kier molecular flexibility index (Phi) is 5.89. The van der Waals surface area contributed by atoms with E-state index in [1.165, 1.54) is 4.90 Å². The maximum Gasteiger partial charge on any atom is 0.265 e. The van der Waals surface area contributed by atoms with Crippen molar-refractivity contribution in [3.8, 4) is 0 Å². The quantitative estimate of drug-likeness (QED) is 0.725. The molecule has 3 rings (SSSR count). The van der Waals surface area contributed by atoms with Gasteiger partial charge in [-0.05, 0) is 50.9 Å². The number of carbonyl (C=O) groups excluding carboxylic acids is 1. The molecule has 8 heteroatoms. The van der Waals surface area contributed by atoms with Gasteiger partial charge in [0.05, 0.1) is 12.3 Å². The van der Waals surface area contributed by atoms with Gasteiger partial charge in [-0.2, -0.15) is 0 Å². The molecule has 1 amide bonds. The van der Waals surface area contributed by atoms with Crippen molar-refractivity contribution in [2.24, 2.45) is 5.92 Å². The minimum atomic E-state index is -3.46. The van der Waals surface area contributed by atoms with Crippen molar-refractivity contribution >= 4 is 15.9 Å². The van der Waals surface area contributed by atoms with Crippen molar-refractivity contribution in [3.63, 3.8) is 0 Å². The van der Waals surface area contributed by atoms with E-state index in [4.69, 9.17) is 0 Å². The average Bonchev–Trinajstić information content (AvgIpc) is 2.60. The molecule has 0 bridgehead atoms. The summed E-state index contributed by atoms with van der Waals surface area (Å²) >= 11 is 0. The fourth-order valence-corrected chi connectivity index (χ4v) is 5.97. The van der Waals surface area contributed by atoms with Crippen LogP contribution in [0.25, 0.3) is 0 Å². The van der Waals surface area contributed by atoms with Crippen LogP contribution in [0.1, 0.15) is 57.8 Å². The van der Waals surface area contributed by atoms with Crippen molar-refractivity contribution in [2.75, 3.05) is 25.4 Å². The van der Waals surface area contributed by atoms with Crippen LogP contribution in [0.4, 0.5) is 8.78 Å². The van der Waals surface area contributed by atoms with E-state index in [1.54, 1.807) is 4.31 Å². The molecule has 0 spiro atoms. The lowest BCUT2D eigenvalue weighted by Crippen LogP contribution is -2.45. The van der Waals surface area contributed by atoms with Gasteiger partial charge < -0.3 is 4.90 Å². The van der Waals surface area contributed by atoms with Gasteiger partial charge in [0, 0.05) is 31.6 Å². The molecule has 0 aromatic rings. The number of likely N-dealkylation sites (tertiary alicyclic amines) is 1. The largest absolute Gasteiger partial charge is 0.337 e. The lowest BCUT2D eigenvalue weighted by Gasteiger charge is -2.38. The highest BCUT2D eigenvalue weighted by Crippen LogP contribution is 2.36. The normalized spacial score (nSPS) is 26.2. The zero-order valence-electron chi connectivity index (χ0n) is 15.1. The van der Waals surface area contributed by atoms with Crippen LogP contribution in [-0.2, 0) is 14.8 Å². The second-order valence-electron chi connectivity index (χ2n) is 7.67. The van der Waals surface area contributed by atoms with E-state index in [0.29, 0.717) is 25.4 Å². The maximum atomic E-state index is 13.4. The molecule has 2 fully saturated rings. The van der Waals surface area contributed by atoms with E-state index in [0.717, 1.165) is 37.8 Å². The van der Waals surface area contributed by atoms with Gasteiger partial charge >= 0.3 is 0 Å². The molecule has 2 saturated heterocycles. The third-order valence-corrected chi connectivity index (χ3v) is 7.47. The molecular formula is C18H28F2N2O3S. The minimum Gasteiger partial charge on any atom is -0.337 e. The zero-order chi connectivity index (χ0) is 18.8. The molecule has 2 heterocycles. The first-order valence-corrected chi connectivity index (χ1v) is 11.3. The van der Waals surface area contributed by atoms with Crippen molar-refractivity contribution in [1.29, 1.82) is 0 Å². The molecule has 148 valence electrons. The predicted molar refractivity (Wildman–Crippen MR) is 95.1 cm³/mol. The summed E-state index contributed by atoms with van der Waals surface area (Å²) in [5.41, 5.74) is 0.935. The van der Waals surface area contributed by atoms with Crippen molar-refractivity contribution in [1.82, 2.24) is 9.21 Å². The van der Waals surface area contributed by atoms with Crippen LogP contribution in [0.3, 0.4) is 0 Å². The van der Waals surface area contributed by atoms with Gasteiger partial charge in [-0.25, -0.2) is 17.2 Å². The fraction of sp³-hybridized carbons (Fsp3) is 0.833. The van der Waals surface area contributed by atoms with Crippen molar-refractivity contribution in [2.45, 2.75) is 63.7 Å². The minimum absolute atomic E-state index is 0.00558. The highest BCUT2D eigenvalue weighted by molar-refractivity contribution is 7.89. The maximum absolute atomic E-state index is 13.4.